The lowest BCUT2D eigenvalue weighted by Crippen LogP contribution is -2.33. The van der Waals surface area contributed by atoms with Crippen molar-refractivity contribution >= 4 is 12.2 Å². The van der Waals surface area contributed by atoms with Crippen molar-refractivity contribution in [2.75, 3.05) is 6.61 Å². The van der Waals surface area contributed by atoms with E-state index in [9.17, 15) is 14.3 Å². The lowest BCUT2D eigenvalue weighted by Gasteiger charge is -2.15. The van der Waals surface area contributed by atoms with Gasteiger partial charge in [0.15, 0.2) is 12.4 Å². The number of ether oxygens (including phenoxy) is 1. The molecule has 0 amide bonds. The molecule has 4 atom stereocenters. The number of hydrogen-bond acceptors (Lipinski definition) is 5. The molecule has 1 saturated heterocycles. The molecular formula is C9H11FN2O4S. The molecule has 1 aromatic heterocycles. The van der Waals surface area contributed by atoms with Crippen molar-refractivity contribution in [3.63, 3.8) is 0 Å². The van der Waals surface area contributed by atoms with Gasteiger partial charge in [-0.2, -0.15) is 0 Å². The van der Waals surface area contributed by atoms with Crippen molar-refractivity contribution in [3.8, 4) is 0 Å². The predicted octanol–water partition coefficient (Wildman–Crippen LogP) is -0.505. The molecule has 0 aliphatic carbocycles. The summed E-state index contributed by atoms with van der Waals surface area (Å²) in [6.45, 7) is -0.518. The number of nitrogens with one attached hydrogen (secondary N) is 1. The Morgan fingerprint density at radius 3 is 2.88 bits per heavy atom. The summed E-state index contributed by atoms with van der Waals surface area (Å²) >= 11 is 4.74. The maximum atomic E-state index is 13.7. The molecule has 17 heavy (non-hydrogen) atoms. The highest BCUT2D eigenvalue weighted by atomic mass is 32.1. The zero-order chi connectivity index (χ0) is 12.6. The predicted molar refractivity (Wildman–Crippen MR) is 57.8 cm³/mol. The molecule has 0 radical (unpaired) electrons. The molecule has 94 valence electrons. The van der Waals surface area contributed by atoms with E-state index < -0.39 is 36.9 Å². The molecule has 2 rings (SSSR count). The molecule has 6 nitrogen and oxygen atoms in total. The van der Waals surface area contributed by atoms with Crippen LogP contribution in [0.2, 0.25) is 0 Å². The summed E-state index contributed by atoms with van der Waals surface area (Å²) < 4.78 is 20.0. The van der Waals surface area contributed by atoms with Gasteiger partial charge in [0.1, 0.15) is 16.8 Å². The van der Waals surface area contributed by atoms with Gasteiger partial charge in [0.2, 0.25) is 0 Å². The van der Waals surface area contributed by atoms with Gasteiger partial charge in [-0.15, -0.1) is 0 Å². The molecular weight excluding hydrogens is 251 g/mol. The lowest BCUT2D eigenvalue weighted by molar-refractivity contribution is -0.0491. The molecule has 0 unspecified atom stereocenters. The van der Waals surface area contributed by atoms with E-state index in [-0.39, 0.29) is 4.64 Å². The topological polar surface area (TPSA) is 87.5 Å². The Kier molecular flexibility index (Phi) is 3.38. The highest BCUT2D eigenvalue weighted by Crippen LogP contribution is 2.30. The Balaban J connectivity index is 2.35. The van der Waals surface area contributed by atoms with Crippen LogP contribution in [0.4, 0.5) is 4.39 Å². The van der Waals surface area contributed by atoms with E-state index in [0.29, 0.717) is 0 Å². The van der Waals surface area contributed by atoms with Crippen LogP contribution in [0.15, 0.2) is 17.1 Å². The molecule has 0 bridgehead atoms. The normalized spacial score (nSPS) is 32.9. The minimum Gasteiger partial charge on any atom is -0.394 e. The summed E-state index contributed by atoms with van der Waals surface area (Å²) in [4.78, 5) is 13.8. The third-order valence-electron chi connectivity index (χ3n) is 2.60. The van der Waals surface area contributed by atoms with Gasteiger partial charge in [-0.1, -0.05) is 12.2 Å². The number of aromatic nitrogens is 2. The van der Waals surface area contributed by atoms with Crippen molar-refractivity contribution in [1.29, 1.82) is 0 Å². The van der Waals surface area contributed by atoms with Crippen molar-refractivity contribution in [1.82, 2.24) is 9.55 Å². The maximum absolute atomic E-state index is 13.7. The zero-order valence-corrected chi connectivity index (χ0v) is 9.43. The highest BCUT2D eigenvalue weighted by molar-refractivity contribution is 7.71. The van der Waals surface area contributed by atoms with Crippen LogP contribution in [0.1, 0.15) is 6.23 Å². The van der Waals surface area contributed by atoms with Gasteiger partial charge in [-0.25, -0.2) is 9.18 Å². The molecule has 3 N–H and O–H groups in total. The molecule has 0 aromatic carbocycles. The summed E-state index contributed by atoms with van der Waals surface area (Å²) in [5.74, 6) is 0. The van der Waals surface area contributed by atoms with Crippen LogP contribution < -0.4 is 5.69 Å². The molecule has 1 aliphatic rings. The van der Waals surface area contributed by atoms with E-state index >= 15 is 0 Å². The lowest BCUT2D eigenvalue weighted by atomic mass is 10.1. The third kappa shape index (κ3) is 2.16. The number of H-pyrrole nitrogens is 1. The monoisotopic (exact) mass is 262 g/mol. The van der Waals surface area contributed by atoms with Crippen molar-refractivity contribution in [2.45, 2.75) is 24.6 Å². The average molecular weight is 262 g/mol. The van der Waals surface area contributed by atoms with E-state index in [2.05, 4.69) is 4.98 Å². The quantitative estimate of drug-likeness (QED) is 0.625. The number of aliphatic hydroxyl groups is 2. The van der Waals surface area contributed by atoms with Gasteiger partial charge in [-0.05, 0) is 6.07 Å². The highest BCUT2D eigenvalue weighted by Gasteiger charge is 2.45. The summed E-state index contributed by atoms with van der Waals surface area (Å²) in [7, 11) is 0. The summed E-state index contributed by atoms with van der Waals surface area (Å²) in [6.07, 6.45) is -4.26. The second-order valence-electron chi connectivity index (χ2n) is 3.70. The summed E-state index contributed by atoms with van der Waals surface area (Å²) in [6, 6.07) is 1.41. The van der Waals surface area contributed by atoms with E-state index in [0.717, 1.165) is 4.57 Å². The van der Waals surface area contributed by atoms with Gasteiger partial charge in [0, 0.05) is 6.20 Å². The van der Waals surface area contributed by atoms with E-state index in [4.69, 9.17) is 22.1 Å². The van der Waals surface area contributed by atoms with Crippen LogP contribution in [0.3, 0.4) is 0 Å². The molecule has 2 heterocycles. The van der Waals surface area contributed by atoms with Crippen LogP contribution in [0.25, 0.3) is 0 Å². The first-order valence-electron chi connectivity index (χ1n) is 4.94. The summed E-state index contributed by atoms with van der Waals surface area (Å²) in [5.41, 5.74) is -0.629. The number of alkyl halides is 1. The van der Waals surface area contributed by atoms with E-state index in [1.54, 1.807) is 0 Å². The maximum Gasteiger partial charge on any atom is 0.328 e. The Labute approximate surface area is 100 Å². The fourth-order valence-corrected chi connectivity index (χ4v) is 1.85. The number of aliphatic hydroxyl groups excluding tert-OH is 2. The third-order valence-corrected chi connectivity index (χ3v) is 2.84. The fraction of sp³-hybridized carbons (Fsp3) is 0.556. The van der Waals surface area contributed by atoms with Gasteiger partial charge < -0.3 is 14.9 Å². The Morgan fingerprint density at radius 1 is 1.65 bits per heavy atom. The number of rotatable bonds is 2. The first kappa shape index (κ1) is 12.4. The Bertz CT molecular complexity index is 516. The van der Waals surface area contributed by atoms with Crippen molar-refractivity contribution in [3.05, 3.63) is 27.4 Å². The second kappa shape index (κ2) is 4.65. The SMILES string of the molecule is O=c1[nH]c(=S)ccn1[C@@H]1O[C@H](CO)[C@@H](O)[C@H]1F. The van der Waals surface area contributed by atoms with Gasteiger partial charge in [0.05, 0.1) is 6.61 Å². The standard InChI is InChI=1S/C9H11FN2O4S/c10-6-7(14)4(3-13)16-8(6)12-2-1-5(17)11-9(12)15/h1-2,4,6-8,13-14H,3H2,(H,11,15,17)/t4-,6-,7-,8-/m1/s1. The van der Waals surface area contributed by atoms with Gasteiger partial charge in [-0.3, -0.25) is 9.55 Å². The van der Waals surface area contributed by atoms with Crippen molar-refractivity contribution in [2.24, 2.45) is 0 Å². The second-order valence-corrected chi connectivity index (χ2v) is 4.14. The zero-order valence-electron chi connectivity index (χ0n) is 8.62. The number of nitrogens with zero attached hydrogens (tertiary/aromatic N) is 1. The van der Waals surface area contributed by atoms with Crippen LogP contribution in [0, 0.1) is 4.64 Å². The smallest absolute Gasteiger partial charge is 0.328 e. The Morgan fingerprint density at radius 2 is 2.35 bits per heavy atom. The minimum atomic E-state index is -1.78. The number of aromatic amines is 1. The number of hydrogen-bond donors (Lipinski definition) is 3. The fourth-order valence-electron chi connectivity index (χ4n) is 1.71. The number of halogens is 1. The Hall–Kier alpha value is -1.09. The molecule has 8 heteroatoms. The first-order chi connectivity index (χ1) is 8.04. The van der Waals surface area contributed by atoms with E-state index in [1.165, 1.54) is 12.3 Å². The van der Waals surface area contributed by atoms with Crippen LogP contribution in [-0.4, -0.2) is 44.8 Å². The van der Waals surface area contributed by atoms with Gasteiger partial charge >= 0.3 is 5.69 Å². The molecule has 0 spiro atoms. The van der Waals surface area contributed by atoms with E-state index in [1.807, 2.05) is 0 Å². The molecule has 1 aliphatic heterocycles. The summed E-state index contributed by atoms with van der Waals surface area (Å²) in [5, 5.41) is 18.3. The first-order valence-corrected chi connectivity index (χ1v) is 5.35. The van der Waals surface area contributed by atoms with Crippen LogP contribution in [-0.2, 0) is 4.74 Å². The largest absolute Gasteiger partial charge is 0.394 e. The van der Waals surface area contributed by atoms with Gasteiger partial charge in [0.25, 0.3) is 0 Å². The molecule has 1 fully saturated rings. The van der Waals surface area contributed by atoms with Crippen LogP contribution >= 0.6 is 12.2 Å². The van der Waals surface area contributed by atoms with Crippen LogP contribution in [0.5, 0.6) is 0 Å². The molecule has 1 aromatic rings. The minimum absolute atomic E-state index is 0.221. The molecule has 0 saturated carbocycles. The van der Waals surface area contributed by atoms with Crippen molar-refractivity contribution < 1.29 is 19.3 Å². The average Bonchev–Trinajstić information content (AvgIpc) is 2.57.